The molecule has 26 heavy (non-hydrogen) atoms. The summed E-state index contributed by atoms with van der Waals surface area (Å²) in [6, 6.07) is 0. The average Bonchev–Trinajstić information content (AvgIpc) is 2.72. The van der Waals surface area contributed by atoms with Crippen molar-refractivity contribution in [3.63, 3.8) is 0 Å². The molecular formula is C22H38O2Si2. The van der Waals surface area contributed by atoms with Crippen LogP contribution in [0.3, 0.4) is 0 Å². The third kappa shape index (κ3) is 5.32. The highest BCUT2D eigenvalue weighted by atomic mass is 28.4. The van der Waals surface area contributed by atoms with Gasteiger partial charge in [-0.05, 0) is 62.0 Å². The lowest BCUT2D eigenvalue weighted by molar-refractivity contribution is -0.115. The molecule has 2 aliphatic rings. The van der Waals surface area contributed by atoms with Crippen molar-refractivity contribution in [2.24, 2.45) is 11.8 Å². The zero-order valence-corrected chi connectivity index (χ0v) is 20.2. The molecule has 0 radical (unpaired) electrons. The van der Waals surface area contributed by atoms with E-state index in [-0.39, 0.29) is 0 Å². The van der Waals surface area contributed by atoms with Gasteiger partial charge < -0.3 is 4.43 Å². The predicted molar refractivity (Wildman–Crippen MR) is 117 cm³/mol. The topological polar surface area (TPSA) is 26.3 Å². The predicted octanol–water partition coefficient (Wildman–Crippen LogP) is 6.64. The van der Waals surface area contributed by atoms with Crippen LogP contribution in [0.15, 0.2) is 34.3 Å². The Morgan fingerprint density at radius 3 is 2.31 bits per heavy atom. The molecule has 0 aromatic heterocycles. The summed E-state index contributed by atoms with van der Waals surface area (Å²) >= 11 is 0. The Morgan fingerprint density at radius 2 is 1.77 bits per heavy atom. The highest BCUT2D eigenvalue weighted by molar-refractivity contribution is 6.83. The molecule has 0 aromatic carbocycles. The number of carbonyl (C=O) groups excluding carboxylic acids is 1. The maximum Gasteiger partial charge on any atom is 0.241 e. The molecule has 0 saturated carbocycles. The van der Waals surface area contributed by atoms with Crippen molar-refractivity contribution >= 4 is 22.2 Å². The molecule has 2 atom stereocenters. The first kappa shape index (κ1) is 21.4. The second-order valence-corrected chi connectivity index (χ2v) is 19.6. The number of hydrogen-bond acceptors (Lipinski definition) is 2. The number of hydrogen-bond donors (Lipinski definition) is 0. The van der Waals surface area contributed by atoms with E-state index in [4.69, 9.17) is 4.43 Å². The van der Waals surface area contributed by atoms with Crippen molar-refractivity contribution < 1.29 is 9.22 Å². The summed E-state index contributed by atoms with van der Waals surface area (Å²) in [5.74, 6) is 2.21. The monoisotopic (exact) mass is 390 g/mol. The van der Waals surface area contributed by atoms with Gasteiger partial charge in [0.05, 0.1) is 13.8 Å². The van der Waals surface area contributed by atoms with E-state index < -0.39 is 16.4 Å². The molecule has 0 aromatic rings. The first-order valence-corrected chi connectivity index (χ1v) is 17.2. The number of unbranched alkanes of at least 4 members (excludes halogenated alkanes) is 1. The molecule has 0 amide bonds. The van der Waals surface area contributed by atoms with Crippen LogP contribution in [0.4, 0.5) is 0 Å². The molecule has 0 aliphatic heterocycles. The quantitative estimate of drug-likeness (QED) is 0.475. The minimum absolute atomic E-state index is 0.317. The van der Waals surface area contributed by atoms with Crippen molar-refractivity contribution in [3.8, 4) is 0 Å². The average molecular weight is 391 g/mol. The molecule has 0 saturated heterocycles. The van der Waals surface area contributed by atoms with E-state index in [1.165, 1.54) is 29.2 Å². The first-order chi connectivity index (χ1) is 11.9. The van der Waals surface area contributed by atoms with Crippen LogP contribution < -0.4 is 0 Å². The summed E-state index contributed by atoms with van der Waals surface area (Å²) in [5.41, 5.74) is 2.71. The molecule has 2 nitrogen and oxygen atoms in total. The van der Waals surface area contributed by atoms with Crippen molar-refractivity contribution in [2.75, 3.05) is 0 Å². The van der Waals surface area contributed by atoms with E-state index >= 15 is 0 Å². The summed E-state index contributed by atoms with van der Waals surface area (Å²) in [6.07, 6.45) is 9.68. The van der Waals surface area contributed by atoms with Gasteiger partial charge in [0.25, 0.3) is 0 Å². The van der Waals surface area contributed by atoms with Gasteiger partial charge in [0.2, 0.25) is 8.32 Å². The van der Waals surface area contributed by atoms with Gasteiger partial charge in [-0.2, -0.15) is 0 Å². The largest absolute Gasteiger partial charge is 0.547 e. The van der Waals surface area contributed by atoms with E-state index in [2.05, 4.69) is 59.2 Å². The SMILES string of the molecule is CCCCC1/C=C2/C(C)=C(O[Si](C)(C)C)C[C@H]2CC(=O)/C=C\1[Si](C)(C)C. The minimum atomic E-state index is -1.63. The van der Waals surface area contributed by atoms with Crippen LogP contribution >= 0.6 is 0 Å². The number of ketones is 1. The number of allylic oxidation sites excluding steroid dienone is 6. The second-order valence-electron chi connectivity index (χ2n) is 10.1. The van der Waals surface area contributed by atoms with Gasteiger partial charge in [0.1, 0.15) is 0 Å². The highest BCUT2D eigenvalue weighted by Gasteiger charge is 2.36. The van der Waals surface area contributed by atoms with Gasteiger partial charge in [-0.1, -0.05) is 50.7 Å². The maximum absolute atomic E-state index is 12.8. The zero-order valence-electron chi connectivity index (χ0n) is 18.2. The Hall–Kier alpha value is -0.876. The summed E-state index contributed by atoms with van der Waals surface area (Å²) in [5, 5.41) is 1.44. The lowest BCUT2D eigenvalue weighted by Crippen LogP contribution is -2.31. The third-order valence-electron chi connectivity index (χ3n) is 5.43. The summed E-state index contributed by atoms with van der Waals surface area (Å²) in [4.78, 5) is 12.8. The Labute approximate surface area is 162 Å². The van der Waals surface area contributed by atoms with Crippen LogP contribution in [0.2, 0.25) is 39.3 Å². The molecule has 2 rings (SSSR count). The van der Waals surface area contributed by atoms with Crippen LogP contribution in [0.5, 0.6) is 0 Å². The van der Waals surface area contributed by atoms with Gasteiger partial charge in [0, 0.05) is 12.8 Å². The van der Waals surface area contributed by atoms with Crippen molar-refractivity contribution in [3.05, 3.63) is 34.3 Å². The molecule has 1 unspecified atom stereocenters. The molecule has 2 aliphatic carbocycles. The Morgan fingerprint density at radius 1 is 1.12 bits per heavy atom. The summed E-state index contributed by atoms with van der Waals surface area (Å²) < 4.78 is 6.39. The van der Waals surface area contributed by atoms with E-state index in [1.807, 2.05) is 6.08 Å². The van der Waals surface area contributed by atoms with Gasteiger partial charge in [-0.25, -0.2) is 0 Å². The Kier molecular flexibility index (Phi) is 6.60. The highest BCUT2D eigenvalue weighted by Crippen LogP contribution is 2.44. The Balaban J connectivity index is 2.47. The van der Waals surface area contributed by atoms with Gasteiger partial charge >= 0.3 is 0 Å². The summed E-state index contributed by atoms with van der Waals surface area (Å²) in [7, 11) is -3.16. The van der Waals surface area contributed by atoms with Gasteiger partial charge in [-0.3, -0.25) is 4.79 Å². The molecule has 0 bridgehead atoms. The first-order valence-electron chi connectivity index (χ1n) is 10.3. The van der Waals surface area contributed by atoms with E-state index in [1.54, 1.807) is 0 Å². The van der Waals surface area contributed by atoms with Crippen LogP contribution in [0, 0.1) is 11.8 Å². The molecule has 0 heterocycles. The van der Waals surface area contributed by atoms with E-state index in [0.717, 1.165) is 18.6 Å². The molecule has 146 valence electrons. The molecule has 0 spiro atoms. The molecule has 0 N–H and O–H groups in total. The molecule has 4 heteroatoms. The Bertz CT molecular complexity index is 642. The third-order valence-corrected chi connectivity index (χ3v) is 8.54. The smallest absolute Gasteiger partial charge is 0.241 e. The van der Waals surface area contributed by atoms with E-state index in [9.17, 15) is 4.79 Å². The zero-order chi connectivity index (χ0) is 19.7. The fourth-order valence-electron chi connectivity index (χ4n) is 4.21. The summed E-state index contributed by atoms with van der Waals surface area (Å²) in [6.45, 7) is 18.3. The van der Waals surface area contributed by atoms with Crippen LogP contribution in [-0.2, 0) is 9.22 Å². The van der Waals surface area contributed by atoms with Crippen LogP contribution in [-0.4, -0.2) is 22.2 Å². The minimum Gasteiger partial charge on any atom is -0.547 e. The van der Waals surface area contributed by atoms with E-state index in [0.29, 0.717) is 24.0 Å². The lowest BCUT2D eigenvalue weighted by Gasteiger charge is -2.30. The normalized spacial score (nSPS) is 28.7. The number of fused-ring (bicyclic) bond motifs is 1. The van der Waals surface area contributed by atoms with Crippen molar-refractivity contribution in [1.82, 2.24) is 0 Å². The van der Waals surface area contributed by atoms with Crippen LogP contribution in [0.25, 0.3) is 0 Å². The van der Waals surface area contributed by atoms with Crippen molar-refractivity contribution in [1.29, 1.82) is 0 Å². The fraction of sp³-hybridized carbons (Fsp3) is 0.682. The lowest BCUT2D eigenvalue weighted by atomic mass is 9.86. The second kappa shape index (κ2) is 8.01. The fourth-order valence-corrected chi connectivity index (χ4v) is 7.12. The molecule has 0 fully saturated rings. The van der Waals surface area contributed by atoms with Gasteiger partial charge in [0.15, 0.2) is 5.78 Å². The van der Waals surface area contributed by atoms with Crippen molar-refractivity contribution in [2.45, 2.75) is 85.2 Å². The maximum atomic E-state index is 12.8. The van der Waals surface area contributed by atoms with Crippen LogP contribution in [0.1, 0.15) is 46.0 Å². The number of carbonyl (C=O) groups is 1. The molecular weight excluding hydrogens is 352 g/mol. The number of rotatable bonds is 6. The van der Waals surface area contributed by atoms with Gasteiger partial charge in [-0.15, -0.1) is 0 Å². The standard InChI is InChI=1S/C22H38O2Si2/c1-9-10-11-17-13-20-16(2)21(24-26(6,7)8)14-18(20)12-19(23)15-22(17)25(3,4)5/h13,15,17-18H,9-12,14H2,1-8H3/b20-13-,22-15+/t17?,18-/m1/s1.